The SMILES string of the molecule is Cc1ccc(C(=O)NC(C)C(C)C)cc1Oc1nc(Cc2ccc(F)cc2)ns1. The molecular weight excluding hydrogens is 389 g/mol. The monoisotopic (exact) mass is 413 g/mol. The number of carbonyl (C=O) groups excluding carboxylic acids is 1. The third kappa shape index (κ3) is 5.60. The largest absolute Gasteiger partial charge is 0.430 e. The molecule has 0 saturated carbocycles. The maximum Gasteiger partial charge on any atom is 0.298 e. The number of carbonyl (C=O) groups is 1. The molecule has 29 heavy (non-hydrogen) atoms. The lowest BCUT2D eigenvalue weighted by molar-refractivity contribution is 0.0930. The molecule has 0 aliphatic heterocycles. The van der Waals surface area contributed by atoms with Crippen molar-refractivity contribution in [3.8, 4) is 10.9 Å². The van der Waals surface area contributed by atoms with Crippen molar-refractivity contribution in [3.05, 3.63) is 70.8 Å². The molecule has 0 saturated heterocycles. The van der Waals surface area contributed by atoms with Gasteiger partial charge in [0.15, 0.2) is 5.82 Å². The third-order valence-corrected chi connectivity index (χ3v) is 5.36. The first-order chi connectivity index (χ1) is 13.8. The van der Waals surface area contributed by atoms with E-state index in [9.17, 15) is 9.18 Å². The Labute approximate surface area is 174 Å². The number of halogens is 1. The van der Waals surface area contributed by atoms with Crippen LogP contribution in [0.2, 0.25) is 0 Å². The van der Waals surface area contributed by atoms with Crippen LogP contribution in [0.5, 0.6) is 10.9 Å². The van der Waals surface area contributed by atoms with Crippen LogP contribution >= 0.6 is 11.5 Å². The second-order valence-corrected chi connectivity index (χ2v) is 8.08. The Hall–Kier alpha value is -2.80. The average Bonchev–Trinajstić information content (AvgIpc) is 3.12. The minimum absolute atomic E-state index is 0.0744. The summed E-state index contributed by atoms with van der Waals surface area (Å²) in [6.45, 7) is 8.02. The lowest BCUT2D eigenvalue weighted by atomic mass is 10.1. The van der Waals surface area contributed by atoms with E-state index in [0.29, 0.717) is 34.7 Å². The molecule has 0 fully saturated rings. The number of aromatic nitrogens is 2. The molecule has 5 nitrogen and oxygen atoms in total. The van der Waals surface area contributed by atoms with Gasteiger partial charge in [-0.25, -0.2) is 4.39 Å². The topological polar surface area (TPSA) is 64.1 Å². The molecule has 0 spiro atoms. The predicted octanol–water partition coefficient (Wildman–Crippen LogP) is 5.14. The molecule has 2 aromatic carbocycles. The minimum Gasteiger partial charge on any atom is -0.430 e. The first kappa shape index (κ1) is 20.9. The summed E-state index contributed by atoms with van der Waals surface area (Å²) < 4.78 is 23.2. The zero-order valence-electron chi connectivity index (χ0n) is 16.9. The van der Waals surface area contributed by atoms with Crippen molar-refractivity contribution < 1.29 is 13.9 Å². The highest BCUT2D eigenvalue weighted by Gasteiger charge is 2.15. The van der Waals surface area contributed by atoms with Crippen LogP contribution in [-0.2, 0) is 6.42 Å². The van der Waals surface area contributed by atoms with Gasteiger partial charge in [-0.15, -0.1) is 0 Å². The van der Waals surface area contributed by atoms with E-state index in [0.717, 1.165) is 22.7 Å². The van der Waals surface area contributed by atoms with Gasteiger partial charge in [-0.2, -0.15) is 9.36 Å². The van der Waals surface area contributed by atoms with E-state index in [1.165, 1.54) is 12.1 Å². The van der Waals surface area contributed by atoms with Crippen LogP contribution in [0, 0.1) is 18.7 Å². The maximum atomic E-state index is 13.0. The van der Waals surface area contributed by atoms with Crippen LogP contribution in [0.15, 0.2) is 42.5 Å². The zero-order valence-corrected chi connectivity index (χ0v) is 17.7. The molecule has 1 atom stereocenters. The fourth-order valence-corrected chi connectivity index (χ4v) is 3.10. The number of nitrogens with one attached hydrogen (secondary N) is 1. The van der Waals surface area contributed by atoms with E-state index < -0.39 is 0 Å². The van der Waals surface area contributed by atoms with E-state index in [1.54, 1.807) is 24.3 Å². The molecule has 1 amide bonds. The Morgan fingerprint density at radius 2 is 1.90 bits per heavy atom. The lowest BCUT2D eigenvalue weighted by Crippen LogP contribution is -2.36. The molecule has 1 aromatic heterocycles. The molecule has 1 N–H and O–H groups in total. The Balaban J connectivity index is 1.70. The quantitative estimate of drug-likeness (QED) is 0.582. The van der Waals surface area contributed by atoms with Gasteiger partial charge in [-0.1, -0.05) is 32.0 Å². The fraction of sp³-hybridized carbons (Fsp3) is 0.318. The van der Waals surface area contributed by atoms with Crippen molar-refractivity contribution >= 4 is 17.4 Å². The fourth-order valence-electron chi connectivity index (χ4n) is 2.54. The Morgan fingerprint density at radius 1 is 1.17 bits per heavy atom. The van der Waals surface area contributed by atoms with Gasteiger partial charge in [0.05, 0.1) is 0 Å². The van der Waals surface area contributed by atoms with Crippen LogP contribution < -0.4 is 10.1 Å². The number of benzene rings is 2. The number of hydrogen-bond donors (Lipinski definition) is 1. The molecule has 1 unspecified atom stereocenters. The van der Waals surface area contributed by atoms with Gasteiger partial charge in [0.1, 0.15) is 11.6 Å². The highest BCUT2D eigenvalue weighted by molar-refractivity contribution is 7.07. The molecule has 7 heteroatoms. The highest BCUT2D eigenvalue weighted by atomic mass is 32.1. The summed E-state index contributed by atoms with van der Waals surface area (Å²) in [4.78, 5) is 16.9. The van der Waals surface area contributed by atoms with Crippen LogP contribution in [0.3, 0.4) is 0 Å². The van der Waals surface area contributed by atoms with E-state index in [-0.39, 0.29) is 17.8 Å². The van der Waals surface area contributed by atoms with Crippen molar-refractivity contribution in [2.24, 2.45) is 5.92 Å². The predicted molar refractivity (Wildman–Crippen MR) is 112 cm³/mol. The zero-order chi connectivity index (χ0) is 21.0. The molecule has 152 valence electrons. The van der Waals surface area contributed by atoms with E-state index in [4.69, 9.17) is 4.74 Å². The number of aryl methyl sites for hydroxylation is 1. The van der Waals surface area contributed by atoms with Crippen molar-refractivity contribution in [1.29, 1.82) is 0 Å². The summed E-state index contributed by atoms with van der Waals surface area (Å²) in [6, 6.07) is 11.7. The lowest BCUT2D eigenvalue weighted by Gasteiger charge is -2.17. The summed E-state index contributed by atoms with van der Waals surface area (Å²) in [5.74, 6) is 1.12. The van der Waals surface area contributed by atoms with Crippen LogP contribution in [0.1, 0.15) is 48.1 Å². The summed E-state index contributed by atoms with van der Waals surface area (Å²) >= 11 is 1.15. The number of ether oxygens (including phenoxy) is 1. The molecule has 0 aliphatic rings. The van der Waals surface area contributed by atoms with E-state index >= 15 is 0 Å². The van der Waals surface area contributed by atoms with Crippen molar-refractivity contribution in [2.75, 3.05) is 0 Å². The molecule has 3 rings (SSSR count). The maximum absolute atomic E-state index is 13.0. The minimum atomic E-state index is -0.272. The van der Waals surface area contributed by atoms with Gasteiger partial charge < -0.3 is 10.1 Å². The number of rotatable bonds is 7. The number of hydrogen-bond acceptors (Lipinski definition) is 5. The van der Waals surface area contributed by atoms with Crippen LogP contribution in [0.25, 0.3) is 0 Å². The molecule has 0 bridgehead atoms. The standard InChI is InChI=1S/C22H24FN3O2S/c1-13(2)15(4)24-21(27)17-8-5-14(3)19(12-17)28-22-25-20(26-29-22)11-16-6-9-18(23)10-7-16/h5-10,12-13,15H,11H2,1-4H3,(H,24,27). The summed E-state index contributed by atoms with van der Waals surface area (Å²) in [5, 5.41) is 3.40. The van der Waals surface area contributed by atoms with Gasteiger partial charge in [-0.05, 0) is 55.2 Å². The van der Waals surface area contributed by atoms with Crippen molar-refractivity contribution in [3.63, 3.8) is 0 Å². The normalized spacial score (nSPS) is 12.1. The number of nitrogens with zero attached hydrogens (tertiary/aromatic N) is 2. The molecule has 0 aliphatic carbocycles. The smallest absolute Gasteiger partial charge is 0.298 e. The molecule has 0 radical (unpaired) electrons. The molecular formula is C22H24FN3O2S. The Bertz CT molecular complexity index is 986. The van der Waals surface area contributed by atoms with Gasteiger partial charge in [-0.3, -0.25) is 4.79 Å². The second-order valence-electron chi connectivity index (χ2n) is 7.37. The van der Waals surface area contributed by atoms with E-state index in [2.05, 4.69) is 28.5 Å². The molecule has 3 aromatic rings. The third-order valence-electron chi connectivity index (χ3n) is 4.73. The van der Waals surface area contributed by atoms with Crippen LogP contribution in [-0.4, -0.2) is 21.3 Å². The second kappa shape index (κ2) is 9.13. The van der Waals surface area contributed by atoms with Crippen molar-refractivity contribution in [2.45, 2.75) is 40.2 Å². The van der Waals surface area contributed by atoms with Gasteiger partial charge >= 0.3 is 0 Å². The van der Waals surface area contributed by atoms with Gasteiger partial charge in [0, 0.05) is 29.6 Å². The molecule has 1 heterocycles. The first-order valence-corrected chi connectivity index (χ1v) is 10.3. The Morgan fingerprint density at radius 3 is 2.59 bits per heavy atom. The highest BCUT2D eigenvalue weighted by Crippen LogP contribution is 2.28. The average molecular weight is 414 g/mol. The summed E-state index contributed by atoms with van der Waals surface area (Å²) in [6.07, 6.45) is 0.495. The first-order valence-electron chi connectivity index (χ1n) is 9.48. The number of amides is 1. The van der Waals surface area contributed by atoms with Gasteiger partial charge in [0.2, 0.25) is 0 Å². The van der Waals surface area contributed by atoms with Crippen LogP contribution in [0.4, 0.5) is 4.39 Å². The summed E-state index contributed by atoms with van der Waals surface area (Å²) in [7, 11) is 0. The van der Waals surface area contributed by atoms with E-state index in [1.807, 2.05) is 19.9 Å². The van der Waals surface area contributed by atoms with Gasteiger partial charge in [0.25, 0.3) is 11.1 Å². The Kier molecular flexibility index (Phi) is 6.59. The summed E-state index contributed by atoms with van der Waals surface area (Å²) in [5.41, 5.74) is 2.35. The van der Waals surface area contributed by atoms with Crippen molar-refractivity contribution in [1.82, 2.24) is 14.7 Å².